The van der Waals surface area contributed by atoms with E-state index in [1.54, 1.807) is 0 Å². The number of aryl methyl sites for hydroxylation is 2. The van der Waals surface area contributed by atoms with Gasteiger partial charge in [-0.2, -0.15) is 0 Å². The molecule has 142 valence electrons. The largest absolute Gasteiger partial charge is 0.398 e. The first kappa shape index (κ1) is 20.4. The van der Waals surface area contributed by atoms with Crippen molar-refractivity contribution in [3.05, 3.63) is 57.6 Å². The third kappa shape index (κ3) is 3.47. The zero-order valence-corrected chi connectivity index (χ0v) is 17.8. The van der Waals surface area contributed by atoms with E-state index in [9.17, 15) is 0 Å². The first-order valence-corrected chi connectivity index (χ1v) is 9.83. The van der Waals surface area contributed by atoms with E-state index in [1.807, 2.05) is 0 Å². The first-order chi connectivity index (χ1) is 12.0. The summed E-state index contributed by atoms with van der Waals surface area (Å²) in [5.74, 6) is 0.822. The van der Waals surface area contributed by atoms with Crippen molar-refractivity contribution in [2.45, 2.75) is 79.1 Å². The van der Waals surface area contributed by atoms with E-state index in [0.29, 0.717) is 11.8 Å². The SMILES string of the molecule is CCC(C)(c1cc(C)c(N)c(C(C)C)c1)c1cc(C)c(N)c(C(C)C)c1. The highest BCUT2D eigenvalue weighted by Gasteiger charge is 2.30. The Morgan fingerprint density at radius 1 is 0.769 bits per heavy atom. The minimum absolute atomic E-state index is 0.0653. The van der Waals surface area contributed by atoms with Gasteiger partial charge in [0.2, 0.25) is 0 Å². The summed E-state index contributed by atoms with van der Waals surface area (Å²) in [6.45, 7) is 17.7. The van der Waals surface area contributed by atoms with Gasteiger partial charge in [0.25, 0.3) is 0 Å². The normalized spacial score (nSPS) is 12.2. The molecule has 0 atom stereocenters. The molecule has 0 saturated carbocycles. The second kappa shape index (κ2) is 7.34. The molecule has 2 nitrogen and oxygen atoms in total. The van der Waals surface area contributed by atoms with E-state index >= 15 is 0 Å². The van der Waals surface area contributed by atoms with E-state index in [-0.39, 0.29) is 5.41 Å². The van der Waals surface area contributed by atoms with Crippen LogP contribution in [0.5, 0.6) is 0 Å². The maximum Gasteiger partial charge on any atom is 0.0379 e. The van der Waals surface area contributed by atoms with Gasteiger partial charge in [0.05, 0.1) is 0 Å². The number of hydrogen-bond acceptors (Lipinski definition) is 2. The molecule has 2 aromatic carbocycles. The summed E-state index contributed by atoms with van der Waals surface area (Å²) < 4.78 is 0. The Balaban J connectivity index is 2.74. The monoisotopic (exact) mass is 352 g/mol. The maximum absolute atomic E-state index is 6.37. The lowest BCUT2D eigenvalue weighted by Crippen LogP contribution is -2.24. The molecule has 2 rings (SSSR count). The third-order valence-electron chi connectivity index (χ3n) is 6.06. The van der Waals surface area contributed by atoms with E-state index in [0.717, 1.165) is 17.8 Å². The van der Waals surface area contributed by atoms with E-state index in [2.05, 4.69) is 79.7 Å². The topological polar surface area (TPSA) is 52.0 Å². The molecule has 0 aliphatic carbocycles. The summed E-state index contributed by atoms with van der Waals surface area (Å²) in [5, 5.41) is 0. The van der Waals surface area contributed by atoms with Crippen molar-refractivity contribution >= 4 is 11.4 Å². The van der Waals surface area contributed by atoms with Crippen LogP contribution in [-0.2, 0) is 5.41 Å². The van der Waals surface area contributed by atoms with E-state index in [4.69, 9.17) is 11.5 Å². The second-order valence-corrected chi connectivity index (χ2v) is 8.59. The Morgan fingerprint density at radius 2 is 1.12 bits per heavy atom. The van der Waals surface area contributed by atoms with Gasteiger partial charge < -0.3 is 11.5 Å². The quantitative estimate of drug-likeness (QED) is 0.609. The van der Waals surface area contributed by atoms with Gasteiger partial charge in [-0.1, -0.05) is 65.8 Å². The summed E-state index contributed by atoms with van der Waals surface area (Å²) in [4.78, 5) is 0. The fourth-order valence-electron chi connectivity index (χ4n) is 3.82. The fraction of sp³-hybridized carbons (Fsp3) is 0.500. The zero-order chi connectivity index (χ0) is 19.8. The molecule has 0 aromatic heterocycles. The van der Waals surface area contributed by atoms with Gasteiger partial charge in [-0.25, -0.2) is 0 Å². The van der Waals surface area contributed by atoms with Gasteiger partial charge in [-0.3, -0.25) is 0 Å². The number of hydrogen-bond donors (Lipinski definition) is 2. The smallest absolute Gasteiger partial charge is 0.0379 e. The maximum atomic E-state index is 6.37. The van der Waals surface area contributed by atoms with Crippen LogP contribution in [0.3, 0.4) is 0 Å². The number of rotatable bonds is 5. The molecule has 0 aliphatic rings. The molecule has 2 aromatic rings. The lowest BCUT2D eigenvalue weighted by atomic mass is 9.71. The predicted octanol–water partition coefficient (Wildman–Crippen LogP) is 6.43. The van der Waals surface area contributed by atoms with Crippen LogP contribution >= 0.6 is 0 Å². The standard InChI is InChI=1S/C24H36N2/c1-9-24(8,18-10-16(6)22(25)20(12-18)14(2)3)19-11-17(7)23(26)21(13-19)15(4)5/h10-15H,9,25-26H2,1-8H3. The lowest BCUT2D eigenvalue weighted by Gasteiger charge is -2.33. The molecular formula is C24H36N2. The van der Waals surface area contributed by atoms with Gasteiger partial charge in [0.15, 0.2) is 0 Å². The average molecular weight is 353 g/mol. The molecule has 0 radical (unpaired) electrons. The molecule has 0 spiro atoms. The van der Waals surface area contributed by atoms with Crippen molar-refractivity contribution in [3.63, 3.8) is 0 Å². The van der Waals surface area contributed by atoms with Crippen molar-refractivity contribution < 1.29 is 0 Å². The Hall–Kier alpha value is -1.96. The van der Waals surface area contributed by atoms with Crippen LogP contribution in [0, 0.1) is 13.8 Å². The van der Waals surface area contributed by atoms with Gasteiger partial charge in [-0.15, -0.1) is 0 Å². The van der Waals surface area contributed by atoms with Crippen LogP contribution in [0.1, 0.15) is 93.2 Å². The number of anilines is 2. The molecule has 26 heavy (non-hydrogen) atoms. The van der Waals surface area contributed by atoms with Crippen LogP contribution in [0.25, 0.3) is 0 Å². The average Bonchev–Trinajstić information content (AvgIpc) is 2.57. The predicted molar refractivity (Wildman–Crippen MR) is 116 cm³/mol. The molecular weight excluding hydrogens is 316 g/mol. The number of nitrogens with two attached hydrogens (primary N) is 2. The summed E-state index contributed by atoms with van der Waals surface area (Å²) in [7, 11) is 0. The van der Waals surface area contributed by atoms with Crippen LogP contribution in [0.2, 0.25) is 0 Å². The molecule has 0 heterocycles. The van der Waals surface area contributed by atoms with Crippen molar-refractivity contribution in [1.82, 2.24) is 0 Å². The Bertz CT molecular complexity index is 737. The van der Waals surface area contributed by atoms with Crippen LogP contribution in [-0.4, -0.2) is 0 Å². The molecule has 0 fully saturated rings. The van der Waals surface area contributed by atoms with Crippen molar-refractivity contribution in [2.75, 3.05) is 11.5 Å². The highest BCUT2D eigenvalue weighted by atomic mass is 14.6. The molecule has 0 aliphatic heterocycles. The van der Waals surface area contributed by atoms with Crippen LogP contribution in [0.15, 0.2) is 24.3 Å². The highest BCUT2D eigenvalue weighted by Crippen LogP contribution is 2.41. The molecule has 0 amide bonds. The molecule has 2 heteroatoms. The summed E-state index contributed by atoms with van der Waals surface area (Å²) >= 11 is 0. The number of benzene rings is 2. The second-order valence-electron chi connectivity index (χ2n) is 8.59. The Kier molecular flexibility index (Phi) is 5.75. The molecule has 4 N–H and O–H groups in total. The van der Waals surface area contributed by atoms with Gasteiger partial charge >= 0.3 is 0 Å². The minimum Gasteiger partial charge on any atom is -0.398 e. The minimum atomic E-state index is -0.0653. The fourth-order valence-corrected chi connectivity index (χ4v) is 3.82. The van der Waals surface area contributed by atoms with Gasteiger partial charge in [0.1, 0.15) is 0 Å². The first-order valence-electron chi connectivity index (χ1n) is 9.83. The van der Waals surface area contributed by atoms with E-state index in [1.165, 1.54) is 33.4 Å². The Morgan fingerprint density at radius 3 is 1.38 bits per heavy atom. The summed E-state index contributed by atoms with van der Waals surface area (Å²) in [6, 6.07) is 9.17. The van der Waals surface area contributed by atoms with Gasteiger partial charge in [0, 0.05) is 16.8 Å². The zero-order valence-electron chi connectivity index (χ0n) is 17.8. The molecule has 0 bridgehead atoms. The van der Waals surface area contributed by atoms with E-state index < -0.39 is 0 Å². The number of nitrogen functional groups attached to an aromatic ring is 2. The Labute approximate surface area is 160 Å². The lowest BCUT2D eigenvalue weighted by molar-refractivity contribution is 0.547. The van der Waals surface area contributed by atoms with Gasteiger partial charge in [-0.05, 0) is 65.5 Å². The third-order valence-corrected chi connectivity index (χ3v) is 6.06. The summed E-state index contributed by atoms with van der Waals surface area (Å²) in [6.07, 6.45) is 1.02. The summed E-state index contributed by atoms with van der Waals surface area (Å²) in [5.41, 5.74) is 22.0. The van der Waals surface area contributed by atoms with Crippen molar-refractivity contribution in [1.29, 1.82) is 0 Å². The molecule has 0 unspecified atom stereocenters. The van der Waals surface area contributed by atoms with Crippen molar-refractivity contribution in [3.8, 4) is 0 Å². The highest BCUT2D eigenvalue weighted by molar-refractivity contribution is 5.61. The van der Waals surface area contributed by atoms with Crippen molar-refractivity contribution in [2.24, 2.45) is 0 Å². The van der Waals surface area contributed by atoms with Crippen LogP contribution < -0.4 is 11.5 Å². The van der Waals surface area contributed by atoms with Crippen LogP contribution in [0.4, 0.5) is 11.4 Å². The molecule has 0 saturated heterocycles.